The topological polar surface area (TPSA) is 106 Å². The predicted octanol–water partition coefficient (Wildman–Crippen LogP) is 4.74. The lowest BCUT2D eigenvalue weighted by Gasteiger charge is -2.20. The minimum absolute atomic E-state index is 0. The number of aldehydes is 1. The van der Waals surface area contributed by atoms with Crippen molar-refractivity contribution in [1.29, 1.82) is 0 Å². The molecule has 7 nitrogen and oxygen atoms in total. The minimum Gasteiger partial charge on any atom is -0.870 e. The molecule has 3 rings (SSSR count). The molecule has 0 fully saturated rings. The first-order valence-corrected chi connectivity index (χ1v) is 10.1. The van der Waals surface area contributed by atoms with Gasteiger partial charge in [0, 0.05) is 12.0 Å². The van der Waals surface area contributed by atoms with Gasteiger partial charge in [-0.25, -0.2) is 14.2 Å². The van der Waals surface area contributed by atoms with E-state index in [0.29, 0.717) is 39.0 Å². The van der Waals surface area contributed by atoms with Crippen LogP contribution in [0.1, 0.15) is 37.9 Å². The molecule has 1 aromatic heterocycles. The van der Waals surface area contributed by atoms with Crippen LogP contribution in [-0.4, -0.2) is 32.0 Å². The molecule has 0 spiro atoms. The number of hydrogen-bond acceptors (Lipinski definition) is 6. The van der Waals surface area contributed by atoms with Gasteiger partial charge in [-0.15, -0.1) is 0 Å². The number of esters is 1. The van der Waals surface area contributed by atoms with Crippen molar-refractivity contribution in [2.24, 2.45) is 0 Å². The summed E-state index contributed by atoms with van der Waals surface area (Å²) in [6.45, 7) is 0. The van der Waals surface area contributed by atoms with Crippen molar-refractivity contribution in [3.63, 3.8) is 0 Å². The summed E-state index contributed by atoms with van der Waals surface area (Å²) in [7, 11) is 3.00. The summed E-state index contributed by atoms with van der Waals surface area (Å²) in [5, 5.41) is 0.730. The number of carbonyl (C=O) groups excluding carboxylic acids is 2. The SMILES string of the molecule is COc1ccc([C@H](Cc2c(Cl)c[nH+]cc2Cl)OC(=O)c2ccc(F)c(C=O)c2)cc1OC.[OH-]. The second-order valence-corrected chi connectivity index (χ2v) is 7.51. The summed E-state index contributed by atoms with van der Waals surface area (Å²) in [4.78, 5) is 26.7. The number of halogens is 3. The van der Waals surface area contributed by atoms with Gasteiger partial charge in [0.15, 0.2) is 30.2 Å². The number of pyridine rings is 1. The fraction of sp³-hybridized carbons (Fsp3) is 0.174. The number of ether oxygens (including phenoxy) is 3. The fourth-order valence-corrected chi connectivity index (χ4v) is 3.63. The molecule has 0 saturated heterocycles. The van der Waals surface area contributed by atoms with E-state index in [-0.39, 0.29) is 23.0 Å². The molecule has 0 aliphatic heterocycles. The number of aromatic amines is 1. The molecule has 0 amide bonds. The first-order valence-electron chi connectivity index (χ1n) is 9.39. The normalized spacial score (nSPS) is 11.2. The maximum Gasteiger partial charge on any atom is 0.338 e. The summed E-state index contributed by atoms with van der Waals surface area (Å²) < 4.78 is 30.0. The van der Waals surface area contributed by atoms with Crippen molar-refractivity contribution < 1.29 is 38.7 Å². The molecule has 2 aromatic carbocycles. The molecule has 10 heteroatoms. The maximum atomic E-state index is 13.7. The van der Waals surface area contributed by atoms with Gasteiger partial charge in [0.1, 0.15) is 22.0 Å². The number of benzene rings is 2. The van der Waals surface area contributed by atoms with E-state index in [1.165, 1.54) is 20.3 Å². The van der Waals surface area contributed by atoms with Gasteiger partial charge in [-0.05, 0) is 35.9 Å². The highest BCUT2D eigenvalue weighted by Gasteiger charge is 2.24. The minimum atomic E-state index is -0.829. The number of hydrogen-bond donors (Lipinski definition) is 0. The van der Waals surface area contributed by atoms with Gasteiger partial charge in [-0.1, -0.05) is 29.3 Å². The highest BCUT2D eigenvalue weighted by molar-refractivity contribution is 6.35. The van der Waals surface area contributed by atoms with Crippen molar-refractivity contribution in [3.05, 3.63) is 86.9 Å². The van der Waals surface area contributed by atoms with Crippen LogP contribution in [0.3, 0.4) is 0 Å². The molecule has 0 unspecified atom stereocenters. The van der Waals surface area contributed by atoms with E-state index in [1.54, 1.807) is 30.6 Å². The van der Waals surface area contributed by atoms with Crippen LogP contribution in [0.25, 0.3) is 0 Å². The molecule has 0 saturated carbocycles. The second-order valence-electron chi connectivity index (χ2n) is 6.70. The van der Waals surface area contributed by atoms with Crippen molar-refractivity contribution in [3.8, 4) is 11.5 Å². The van der Waals surface area contributed by atoms with Gasteiger partial charge in [-0.2, -0.15) is 0 Å². The van der Waals surface area contributed by atoms with E-state index in [4.69, 9.17) is 37.4 Å². The Morgan fingerprint density at radius 3 is 2.33 bits per heavy atom. The summed E-state index contributed by atoms with van der Waals surface area (Å²) in [5.41, 5.74) is 0.936. The number of nitrogens with one attached hydrogen (secondary N) is 1. The Balaban J connectivity index is 0.00000385. The predicted molar refractivity (Wildman–Crippen MR) is 118 cm³/mol. The van der Waals surface area contributed by atoms with E-state index in [2.05, 4.69) is 4.98 Å². The number of carbonyl (C=O) groups is 2. The standard InChI is InChI=1S/C23H18Cl2FNO5.H2O/c1-30-20-6-4-13(8-22(20)31-2)21(9-16-17(24)10-27-11-18(16)25)32-23(29)14-3-5-19(26)15(7-14)12-28;/h3-8,10-12,21H,9H2,1-2H3;1H2/t21-;/m0./s1. The molecule has 1 heterocycles. The smallest absolute Gasteiger partial charge is 0.338 e. The van der Waals surface area contributed by atoms with Gasteiger partial charge in [0.05, 0.1) is 25.3 Å². The number of rotatable bonds is 8. The van der Waals surface area contributed by atoms with E-state index in [1.807, 2.05) is 0 Å². The summed E-state index contributed by atoms with van der Waals surface area (Å²) in [6.07, 6.45) is 2.77. The molecular formula is C23H20Cl2FNO6. The van der Waals surface area contributed by atoms with E-state index < -0.39 is 17.9 Å². The number of H-pyrrole nitrogens is 1. The molecular weight excluding hydrogens is 476 g/mol. The third kappa shape index (κ3) is 5.98. The van der Waals surface area contributed by atoms with Crippen LogP contribution >= 0.6 is 23.2 Å². The van der Waals surface area contributed by atoms with Gasteiger partial charge in [-0.3, -0.25) is 4.79 Å². The Labute approximate surface area is 199 Å². The Morgan fingerprint density at radius 1 is 1.06 bits per heavy atom. The summed E-state index contributed by atoms with van der Waals surface area (Å²) in [5.74, 6) is -0.537. The first kappa shape index (κ1) is 26.1. The van der Waals surface area contributed by atoms with Gasteiger partial charge in [0.25, 0.3) is 0 Å². The first-order chi connectivity index (χ1) is 15.4. The molecule has 0 aliphatic rings. The zero-order chi connectivity index (χ0) is 23.3. The van der Waals surface area contributed by atoms with Crippen LogP contribution in [0.15, 0.2) is 48.8 Å². The third-order valence-corrected chi connectivity index (χ3v) is 5.45. The van der Waals surface area contributed by atoms with Crippen molar-refractivity contribution in [1.82, 2.24) is 0 Å². The van der Waals surface area contributed by atoms with Gasteiger partial charge in [0.2, 0.25) is 0 Å². The molecule has 0 bridgehead atoms. The molecule has 2 N–H and O–H groups in total. The van der Waals surface area contributed by atoms with Gasteiger partial charge >= 0.3 is 5.97 Å². The zero-order valence-electron chi connectivity index (χ0n) is 17.6. The lowest BCUT2D eigenvalue weighted by atomic mass is 10.0. The van der Waals surface area contributed by atoms with Crippen LogP contribution in [0.5, 0.6) is 11.5 Å². The average Bonchev–Trinajstić information content (AvgIpc) is 2.80. The summed E-state index contributed by atoms with van der Waals surface area (Å²) in [6, 6.07) is 8.49. The van der Waals surface area contributed by atoms with E-state index in [0.717, 1.165) is 12.1 Å². The molecule has 174 valence electrons. The van der Waals surface area contributed by atoms with Crippen LogP contribution < -0.4 is 14.5 Å². The van der Waals surface area contributed by atoms with Crippen LogP contribution in [0.2, 0.25) is 10.0 Å². The largest absolute Gasteiger partial charge is 0.870 e. The van der Waals surface area contributed by atoms with E-state index in [9.17, 15) is 14.0 Å². The summed E-state index contributed by atoms with van der Waals surface area (Å²) >= 11 is 12.6. The lowest BCUT2D eigenvalue weighted by molar-refractivity contribution is -0.377. The fourth-order valence-electron chi connectivity index (χ4n) is 3.10. The van der Waals surface area contributed by atoms with Crippen LogP contribution in [-0.2, 0) is 11.2 Å². The van der Waals surface area contributed by atoms with Crippen molar-refractivity contribution >= 4 is 35.5 Å². The number of methoxy groups -OCH3 is 2. The molecule has 3 aromatic rings. The molecule has 33 heavy (non-hydrogen) atoms. The Morgan fingerprint density at radius 2 is 1.73 bits per heavy atom. The quantitative estimate of drug-likeness (QED) is 0.330. The van der Waals surface area contributed by atoms with Crippen molar-refractivity contribution in [2.75, 3.05) is 14.2 Å². The monoisotopic (exact) mass is 495 g/mol. The molecule has 0 radical (unpaired) electrons. The van der Waals surface area contributed by atoms with Crippen LogP contribution in [0.4, 0.5) is 4.39 Å². The maximum absolute atomic E-state index is 13.7. The molecule has 0 aliphatic carbocycles. The highest BCUT2D eigenvalue weighted by Crippen LogP contribution is 2.35. The average molecular weight is 496 g/mol. The van der Waals surface area contributed by atoms with Crippen molar-refractivity contribution in [2.45, 2.75) is 12.5 Å². The Hall–Kier alpha value is -3.20. The van der Waals surface area contributed by atoms with E-state index >= 15 is 0 Å². The molecule has 1 atom stereocenters. The second kappa shape index (κ2) is 11.6. The lowest BCUT2D eigenvalue weighted by Crippen LogP contribution is -2.16. The zero-order valence-corrected chi connectivity index (χ0v) is 19.1. The van der Waals surface area contributed by atoms with Gasteiger partial charge < -0.3 is 19.7 Å². The Kier molecular flexibility index (Phi) is 9.16. The highest BCUT2D eigenvalue weighted by atomic mass is 35.5. The Bertz CT molecular complexity index is 1140. The third-order valence-electron chi connectivity index (χ3n) is 4.77. The number of aromatic nitrogens is 1. The van der Waals surface area contributed by atoms with Crippen LogP contribution in [0, 0.1) is 5.82 Å².